The smallest absolute Gasteiger partial charge is 0.260 e. The summed E-state index contributed by atoms with van der Waals surface area (Å²) in [6, 6.07) is 16.9. The minimum atomic E-state index is -0.0497. The second-order valence-electron chi connectivity index (χ2n) is 7.13. The van der Waals surface area contributed by atoms with Gasteiger partial charge in [0.1, 0.15) is 5.75 Å². The summed E-state index contributed by atoms with van der Waals surface area (Å²) in [5.41, 5.74) is 0.925. The van der Waals surface area contributed by atoms with Crippen LogP contribution in [0.3, 0.4) is 0 Å². The van der Waals surface area contributed by atoms with E-state index in [-0.39, 0.29) is 18.6 Å². The van der Waals surface area contributed by atoms with Gasteiger partial charge in [0.2, 0.25) is 11.7 Å². The van der Waals surface area contributed by atoms with Crippen LogP contribution in [0, 0.1) is 0 Å². The number of amides is 1. The van der Waals surface area contributed by atoms with Gasteiger partial charge in [0, 0.05) is 31.7 Å². The van der Waals surface area contributed by atoms with Gasteiger partial charge in [0.25, 0.3) is 5.91 Å². The minimum Gasteiger partial charge on any atom is -0.482 e. The second kappa shape index (κ2) is 9.28. The van der Waals surface area contributed by atoms with E-state index in [0.29, 0.717) is 35.6 Å². The molecule has 4 rings (SSSR count). The molecule has 1 amide bonds. The molecule has 0 saturated carbocycles. The van der Waals surface area contributed by atoms with Crippen LogP contribution >= 0.6 is 11.6 Å². The Hall–Kier alpha value is -2.90. The Morgan fingerprint density at radius 3 is 2.53 bits per heavy atom. The van der Waals surface area contributed by atoms with E-state index < -0.39 is 0 Å². The van der Waals surface area contributed by atoms with E-state index in [1.165, 1.54) is 0 Å². The molecule has 8 heteroatoms. The van der Waals surface area contributed by atoms with E-state index >= 15 is 0 Å². The van der Waals surface area contributed by atoms with E-state index in [0.717, 1.165) is 18.7 Å². The van der Waals surface area contributed by atoms with Crippen LogP contribution < -0.4 is 4.74 Å². The summed E-state index contributed by atoms with van der Waals surface area (Å²) in [7, 11) is 0. The lowest BCUT2D eigenvalue weighted by Gasteiger charge is -2.36. The van der Waals surface area contributed by atoms with Crippen molar-refractivity contribution >= 4 is 17.5 Å². The molecular formula is C22H23ClN4O3. The van der Waals surface area contributed by atoms with Gasteiger partial charge >= 0.3 is 0 Å². The zero-order valence-electron chi connectivity index (χ0n) is 16.7. The van der Waals surface area contributed by atoms with Crippen molar-refractivity contribution < 1.29 is 14.1 Å². The lowest BCUT2D eigenvalue weighted by Crippen LogP contribution is -2.50. The highest BCUT2D eigenvalue weighted by Gasteiger charge is 2.28. The predicted octanol–water partition coefficient (Wildman–Crippen LogP) is 3.67. The van der Waals surface area contributed by atoms with Crippen LogP contribution in [0.5, 0.6) is 5.75 Å². The molecule has 0 radical (unpaired) electrons. The van der Waals surface area contributed by atoms with Crippen LogP contribution in [-0.4, -0.2) is 58.6 Å². The lowest BCUT2D eigenvalue weighted by molar-refractivity contribution is -0.135. The molecule has 0 spiro atoms. The normalized spacial score (nSPS) is 15.7. The van der Waals surface area contributed by atoms with Crippen LogP contribution in [0.2, 0.25) is 5.02 Å². The third-order valence-corrected chi connectivity index (χ3v) is 5.55. The fraction of sp³-hybridized carbons (Fsp3) is 0.318. The Kier molecular flexibility index (Phi) is 6.30. The zero-order chi connectivity index (χ0) is 20.9. The van der Waals surface area contributed by atoms with E-state index in [1.54, 1.807) is 12.1 Å². The van der Waals surface area contributed by atoms with Gasteiger partial charge in [-0.15, -0.1) is 0 Å². The number of hydrogen-bond donors (Lipinski definition) is 0. The van der Waals surface area contributed by atoms with Gasteiger partial charge in [0.15, 0.2) is 6.61 Å². The van der Waals surface area contributed by atoms with Crippen molar-refractivity contribution in [1.29, 1.82) is 0 Å². The second-order valence-corrected chi connectivity index (χ2v) is 7.54. The van der Waals surface area contributed by atoms with Crippen LogP contribution in [0.1, 0.15) is 18.9 Å². The molecule has 0 aliphatic carbocycles. The summed E-state index contributed by atoms with van der Waals surface area (Å²) in [4.78, 5) is 21.1. The molecule has 1 saturated heterocycles. The first-order chi connectivity index (χ1) is 14.6. The zero-order valence-corrected chi connectivity index (χ0v) is 17.5. The van der Waals surface area contributed by atoms with Crippen molar-refractivity contribution in [3.8, 4) is 17.1 Å². The molecule has 0 N–H and O–H groups in total. The molecule has 2 aromatic carbocycles. The van der Waals surface area contributed by atoms with Crippen LogP contribution in [0.4, 0.5) is 0 Å². The standard InChI is InChI=1S/C22H23ClN4O3/c1-16(22-24-21(25-30-22)17-7-3-2-4-8-17)26-11-13-27(14-12-26)20(28)15-29-19-10-6-5-9-18(19)23/h2-10,16H,11-15H2,1H3/t16-/m0/s1. The SMILES string of the molecule is C[C@@H](c1nc(-c2ccccc2)no1)N1CCN(C(=O)COc2ccccc2Cl)CC1. The molecule has 1 aliphatic heterocycles. The Labute approximate surface area is 180 Å². The van der Waals surface area contributed by atoms with Gasteiger partial charge in [-0.3, -0.25) is 9.69 Å². The third-order valence-electron chi connectivity index (χ3n) is 5.23. The molecule has 156 valence electrons. The lowest BCUT2D eigenvalue weighted by atomic mass is 10.2. The first-order valence-corrected chi connectivity index (χ1v) is 10.3. The molecule has 0 unspecified atom stereocenters. The third kappa shape index (κ3) is 4.63. The fourth-order valence-electron chi connectivity index (χ4n) is 3.42. The summed E-state index contributed by atoms with van der Waals surface area (Å²) in [6.45, 7) is 4.71. The molecule has 2 heterocycles. The molecular weight excluding hydrogens is 404 g/mol. The molecule has 0 bridgehead atoms. The van der Waals surface area contributed by atoms with Crippen molar-refractivity contribution in [2.45, 2.75) is 13.0 Å². The Morgan fingerprint density at radius 1 is 1.10 bits per heavy atom. The Balaban J connectivity index is 1.29. The molecule has 30 heavy (non-hydrogen) atoms. The number of carbonyl (C=O) groups is 1. The van der Waals surface area contributed by atoms with Crippen molar-refractivity contribution in [2.24, 2.45) is 0 Å². The summed E-state index contributed by atoms with van der Waals surface area (Å²) >= 11 is 6.07. The predicted molar refractivity (Wildman–Crippen MR) is 113 cm³/mol. The summed E-state index contributed by atoms with van der Waals surface area (Å²) in [6.07, 6.45) is 0. The average Bonchev–Trinajstić information content (AvgIpc) is 3.29. The van der Waals surface area contributed by atoms with Crippen molar-refractivity contribution in [3.05, 3.63) is 65.5 Å². The van der Waals surface area contributed by atoms with Gasteiger partial charge in [-0.1, -0.05) is 59.2 Å². The molecule has 1 atom stereocenters. The number of halogens is 1. The summed E-state index contributed by atoms with van der Waals surface area (Å²) < 4.78 is 11.1. The van der Waals surface area contributed by atoms with E-state index in [1.807, 2.05) is 54.3 Å². The fourth-order valence-corrected chi connectivity index (χ4v) is 3.61. The quantitative estimate of drug-likeness (QED) is 0.598. The van der Waals surface area contributed by atoms with Crippen molar-refractivity contribution in [3.63, 3.8) is 0 Å². The van der Waals surface area contributed by atoms with Gasteiger partial charge in [-0.2, -0.15) is 4.98 Å². The highest BCUT2D eigenvalue weighted by molar-refractivity contribution is 6.32. The first kappa shape index (κ1) is 20.4. The van der Waals surface area contributed by atoms with Crippen LogP contribution in [-0.2, 0) is 4.79 Å². The Bertz CT molecular complexity index is 987. The molecule has 1 fully saturated rings. The molecule has 7 nitrogen and oxygen atoms in total. The average molecular weight is 427 g/mol. The Morgan fingerprint density at radius 2 is 1.80 bits per heavy atom. The number of carbonyl (C=O) groups excluding carboxylic acids is 1. The van der Waals surface area contributed by atoms with E-state index in [9.17, 15) is 4.79 Å². The van der Waals surface area contributed by atoms with E-state index in [2.05, 4.69) is 15.0 Å². The molecule has 1 aromatic heterocycles. The van der Waals surface area contributed by atoms with Gasteiger partial charge in [-0.25, -0.2) is 0 Å². The van der Waals surface area contributed by atoms with Crippen molar-refractivity contribution in [2.75, 3.05) is 32.8 Å². The number of aromatic nitrogens is 2. The topological polar surface area (TPSA) is 71.7 Å². The molecule has 3 aromatic rings. The highest BCUT2D eigenvalue weighted by Crippen LogP contribution is 2.24. The van der Waals surface area contributed by atoms with E-state index in [4.69, 9.17) is 20.9 Å². The first-order valence-electron chi connectivity index (χ1n) is 9.90. The molecule has 1 aliphatic rings. The van der Waals surface area contributed by atoms with Gasteiger partial charge in [0.05, 0.1) is 11.1 Å². The van der Waals surface area contributed by atoms with Crippen LogP contribution in [0.25, 0.3) is 11.4 Å². The minimum absolute atomic E-state index is 0.0217. The summed E-state index contributed by atoms with van der Waals surface area (Å²) in [5, 5.41) is 4.60. The number of ether oxygens (including phenoxy) is 1. The largest absolute Gasteiger partial charge is 0.482 e. The van der Waals surface area contributed by atoms with Crippen LogP contribution in [0.15, 0.2) is 59.1 Å². The number of hydrogen-bond acceptors (Lipinski definition) is 6. The number of benzene rings is 2. The number of rotatable bonds is 6. The van der Waals surface area contributed by atoms with Crippen molar-refractivity contribution in [1.82, 2.24) is 19.9 Å². The maximum absolute atomic E-state index is 12.5. The maximum Gasteiger partial charge on any atom is 0.260 e. The maximum atomic E-state index is 12.5. The highest BCUT2D eigenvalue weighted by atomic mass is 35.5. The monoisotopic (exact) mass is 426 g/mol. The van der Waals surface area contributed by atoms with Gasteiger partial charge in [-0.05, 0) is 19.1 Å². The number of para-hydroxylation sites is 1. The number of nitrogens with zero attached hydrogens (tertiary/aromatic N) is 4. The van der Waals surface area contributed by atoms with Gasteiger partial charge < -0.3 is 14.2 Å². The summed E-state index contributed by atoms with van der Waals surface area (Å²) in [5.74, 6) is 1.63. The number of piperazine rings is 1.